The molecule has 3 aliphatic rings. The zero-order chi connectivity index (χ0) is 16.8. The monoisotopic (exact) mass is 356 g/mol. The highest BCUT2D eigenvalue weighted by atomic mass is 32.2. The lowest BCUT2D eigenvalue weighted by atomic mass is 9.81. The van der Waals surface area contributed by atoms with E-state index in [4.69, 9.17) is 14.6 Å². The number of thioether (sulfide) groups is 1. The summed E-state index contributed by atoms with van der Waals surface area (Å²) < 4.78 is 12.3. The number of rotatable bonds is 11. The molecule has 2 heterocycles. The summed E-state index contributed by atoms with van der Waals surface area (Å²) in [5.41, 5.74) is 0. The molecule has 5 heteroatoms. The molecule has 0 spiro atoms. The Morgan fingerprint density at radius 2 is 1.79 bits per heavy atom. The van der Waals surface area contributed by atoms with Crippen LogP contribution in [0.4, 0.5) is 0 Å². The number of carboxylic acids is 1. The van der Waals surface area contributed by atoms with Gasteiger partial charge in [-0.2, -0.15) is 11.8 Å². The lowest BCUT2D eigenvalue weighted by molar-refractivity contribution is -0.137. The summed E-state index contributed by atoms with van der Waals surface area (Å²) in [4.78, 5) is 10.5. The maximum atomic E-state index is 10.5. The van der Waals surface area contributed by atoms with Crippen molar-refractivity contribution in [2.24, 2.45) is 17.8 Å². The van der Waals surface area contributed by atoms with E-state index in [-0.39, 0.29) is 0 Å². The first-order valence-corrected chi connectivity index (χ1v) is 10.9. The van der Waals surface area contributed by atoms with Gasteiger partial charge in [0.2, 0.25) is 0 Å². The van der Waals surface area contributed by atoms with Crippen molar-refractivity contribution in [3.8, 4) is 0 Å². The highest BCUT2D eigenvalue weighted by Crippen LogP contribution is 2.45. The third-order valence-corrected chi connectivity index (χ3v) is 7.17. The molecule has 1 aliphatic carbocycles. The lowest BCUT2D eigenvalue weighted by Gasteiger charge is -2.28. The van der Waals surface area contributed by atoms with Crippen molar-refractivity contribution < 1.29 is 19.4 Å². The van der Waals surface area contributed by atoms with E-state index in [0.717, 1.165) is 43.5 Å². The van der Waals surface area contributed by atoms with E-state index in [1.165, 1.54) is 38.5 Å². The van der Waals surface area contributed by atoms with E-state index in [0.29, 0.717) is 30.5 Å². The van der Waals surface area contributed by atoms with Crippen molar-refractivity contribution in [2.75, 3.05) is 24.7 Å². The lowest BCUT2D eigenvalue weighted by Crippen LogP contribution is -2.33. The first kappa shape index (κ1) is 18.5. The van der Waals surface area contributed by atoms with Gasteiger partial charge in [-0.25, -0.2) is 0 Å². The van der Waals surface area contributed by atoms with Gasteiger partial charge >= 0.3 is 5.97 Å². The number of unbranched alkanes of at least 4 members (excludes halogenated alkanes) is 1. The highest BCUT2D eigenvalue weighted by molar-refractivity contribution is 7.99. The second kappa shape index (κ2) is 9.44. The highest BCUT2D eigenvalue weighted by Gasteiger charge is 2.48. The van der Waals surface area contributed by atoms with Crippen LogP contribution in [-0.4, -0.2) is 48.0 Å². The van der Waals surface area contributed by atoms with Crippen LogP contribution in [0.25, 0.3) is 0 Å². The fraction of sp³-hybridized carbons (Fsp3) is 0.947. The molecule has 2 saturated heterocycles. The predicted molar refractivity (Wildman–Crippen MR) is 96.5 cm³/mol. The molecule has 0 aromatic heterocycles. The van der Waals surface area contributed by atoms with E-state index >= 15 is 0 Å². The zero-order valence-electron chi connectivity index (χ0n) is 14.7. The molecule has 0 amide bonds. The fourth-order valence-electron chi connectivity index (χ4n) is 4.58. The van der Waals surface area contributed by atoms with Gasteiger partial charge in [0.15, 0.2) is 0 Å². The van der Waals surface area contributed by atoms with Crippen molar-refractivity contribution in [3.05, 3.63) is 0 Å². The summed E-state index contributed by atoms with van der Waals surface area (Å²) in [5.74, 6) is 3.55. The normalized spacial score (nSPS) is 32.7. The van der Waals surface area contributed by atoms with Crippen LogP contribution in [0.5, 0.6) is 0 Å². The first-order valence-electron chi connectivity index (χ1n) is 9.77. The molecule has 4 unspecified atom stereocenters. The van der Waals surface area contributed by atoms with Gasteiger partial charge in [-0.15, -0.1) is 0 Å². The van der Waals surface area contributed by atoms with Gasteiger partial charge in [0.05, 0.1) is 18.8 Å². The predicted octanol–water partition coefficient (Wildman–Crippen LogP) is 3.97. The molecular formula is C19H32O4S. The molecule has 0 aromatic rings. The number of fused-ring (bicyclic) bond motifs is 2. The Labute approximate surface area is 150 Å². The van der Waals surface area contributed by atoms with Gasteiger partial charge in [-0.3, -0.25) is 4.79 Å². The molecular weight excluding hydrogens is 324 g/mol. The van der Waals surface area contributed by atoms with Crippen molar-refractivity contribution >= 4 is 17.7 Å². The van der Waals surface area contributed by atoms with Gasteiger partial charge in [0, 0.05) is 24.9 Å². The Morgan fingerprint density at radius 1 is 1.04 bits per heavy atom. The van der Waals surface area contributed by atoms with E-state index in [1.54, 1.807) is 0 Å². The molecule has 2 bridgehead atoms. The van der Waals surface area contributed by atoms with Crippen LogP contribution in [0.15, 0.2) is 0 Å². The largest absolute Gasteiger partial charge is 0.481 e. The molecule has 4 nitrogen and oxygen atoms in total. The van der Waals surface area contributed by atoms with Crippen molar-refractivity contribution in [1.29, 1.82) is 0 Å². The van der Waals surface area contributed by atoms with Gasteiger partial charge in [0.1, 0.15) is 0 Å². The minimum atomic E-state index is -0.680. The maximum Gasteiger partial charge on any atom is 0.303 e. The summed E-state index contributed by atoms with van der Waals surface area (Å²) >= 11 is 1.98. The molecule has 2 aliphatic heterocycles. The number of hydrogen-bond acceptors (Lipinski definition) is 4. The van der Waals surface area contributed by atoms with Gasteiger partial charge in [-0.1, -0.05) is 12.8 Å². The molecule has 1 saturated carbocycles. The topological polar surface area (TPSA) is 55.8 Å². The third kappa shape index (κ3) is 5.12. The molecule has 0 aromatic carbocycles. The standard InChI is InChI=1S/C19H32O4S/c20-19(21)7-3-4-10-24-13-16-15(17-8-9-18(16)23-17)12-22-11-14-5-1-2-6-14/h14-18H,1-13H2,(H,20,21). The quantitative estimate of drug-likeness (QED) is 0.568. The Morgan fingerprint density at radius 3 is 2.54 bits per heavy atom. The van der Waals surface area contributed by atoms with Crippen LogP contribution in [0.2, 0.25) is 0 Å². The number of carbonyl (C=O) groups is 1. The summed E-state index contributed by atoms with van der Waals surface area (Å²) in [6, 6.07) is 0. The minimum absolute atomic E-state index is 0.301. The number of aliphatic carboxylic acids is 1. The summed E-state index contributed by atoms with van der Waals surface area (Å²) in [5, 5.41) is 8.67. The van der Waals surface area contributed by atoms with Crippen LogP contribution < -0.4 is 0 Å². The Hall–Kier alpha value is -0.260. The van der Waals surface area contributed by atoms with Crippen molar-refractivity contribution in [2.45, 2.75) is 70.0 Å². The number of carboxylic acid groups (broad SMARTS) is 1. The van der Waals surface area contributed by atoms with Crippen molar-refractivity contribution in [1.82, 2.24) is 0 Å². The zero-order valence-corrected chi connectivity index (χ0v) is 15.5. The van der Waals surface area contributed by atoms with E-state index < -0.39 is 5.97 Å². The molecule has 138 valence electrons. The molecule has 0 radical (unpaired) electrons. The average Bonchev–Trinajstić information content (AvgIpc) is 3.28. The van der Waals surface area contributed by atoms with Crippen LogP contribution in [0.1, 0.15) is 57.8 Å². The second-order valence-corrected chi connectivity index (χ2v) is 8.88. The maximum absolute atomic E-state index is 10.5. The molecule has 24 heavy (non-hydrogen) atoms. The third-order valence-electron chi connectivity index (χ3n) is 5.97. The van der Waals surface area contributed by atoms with E-state index in [2.05, 4.69) is 0 Å². The summed E-state index contributed by atoms with van der Waals surface area (Å²) in [6.45, 7) is 1.82. The second-order valence-electron chi connectivity index (χ2n) is 7.73. The molecule has 3 rings (SSSR count). The van der Waals surface area contributed by atoms with E-state index in [1.807, 2.05) is 11.8 Å². The van der Waals surface area contributed by atoms with Crippen LogP contribution in [0.3, 0.4) is 0 Å². The van der Waals surface area contributed by atoms with Gasteiger partial charge in [-0.05, 0) is 55.9 Å². The summed E-state index contributed by atoms with van der Waals surface area (Å²) in [7, 11) is 0. The number of hydrogen-bond donors (Lipinski definition) is 1. The van der Waals surface area contributed by atoms with Gasteiger partial charge < -0.3 is 14.6 Å². The Bertz CT molecular complexity index is 397. The van der Waals surface area contributed by atoms with Crippen LogP contribution in [0, 0.1) is 17.8 Å². The SMILES string of the molecule is O=C(O)CCCCSCC1C2CCC(O2)C1COCC1CCCC1. The molecule has 1 N–H and O–H groups in total. The van der Waals surface area contributed by atoms with Crippen LogP contribution >= 0.6 is 11.8 Å². The smallest absolute Gasteiger partial charge is 0.303 e. The minimum Gasteiger partial charge on any atom is -0.481 e. The van der Waals surface area contributed by atoms with Gasteiger partial charge in [0.25, 0.3) is 0 Å². The molecule has 4 atom stereocenters. The van der Waals surface area contributed by atoms with E-state index in [9.17, 15) is 4.79 Å². The average molecular weight is 357 g/mol. The van der Waals surface area contributed by atoms with Crippen molar-refractivity contribution in [3.63, 3.8) is 0 Å². The Kier molecular flexibility index (Phi) is 7.29. The Balaban J connectivity index is 1.34. The fourth-order valence-corrected chi connectivity index (χ4v) is 5.89. The van der Waals surface area contributed by atoms with Crippen LogP contribution in [-0.2, 0) is 14.3 Å². The molecule has 3 fully saturated rings. The summed E-state index contributed by atoms with van der Waals surface area (Å²) in [6.07, 6.45) is 10.9. The first-order chi connectivity index (χ1) is 11.7. The number of ether oxygens (including phenoxy) is 2.